The summed E-state index contributed by atoms with van der Waals surface area (Å²) in [6, 6.07) is 16.1. The number of para-hydroxylation sites is 1. The lowest BCUT2D eigenvalue weighted by atomic mass is 9.70. The zero-order chi connectivity index (χ0) is 22.4. The second kappa shape index (κ2) is 7.04. The van der Waals surface area contributed by atoms with Crippen molar-refractivity contribution in [2.75, 3.05) is 5.32 Å². The Kier molecular flexibility index (Phi) is 4.72. The van der Waals surface area contributed by atoms with Crippen molar-refractivity contribution in [3.63, 3.8) is 0 Å². The third-order valence-electron chi connectivity index (χ3n) is 5.08. The van der Waals surface area contributed by atoms with Crippen LogP contribution in [0.5, 0.6) is 5.75 Å². The van der Waals surface area contributed by atoms with Crippen LogP contribution in [-0.2, 0) is 16.4 Å². The summed E-state index contributed by atoms with van der Waals surface area (Å²) < 4.78 is 82.1. The molecule has 0 aromatic heterocycles. The van der Waals surface area contributed by atoms with Gasteiger partial charge in [-0.15, -0.1) is 13.2 Å². The summed E-state index contributed by atoms with van der Waals surface area (Å²) in [6.45, 7) is 0. The van der Waals surface area contributed by atoms with Crippen LogP contribution in [-0.4, -0.2) is 12.3 Å². The van der Waals surface area contributed by atoms with Gasteiger partial charge in [0.2, 0.25) is 5.91 Å². The van der Waals surface area contributed by atoms with E-state index >= 15 is 0 Å². The number of benzene rings is 3. The van der Waals surface area contributed by atoms with Crippen molar-refractivity contribution < 1.29 is 35.9 Å². The van der Waals surface area contributed by atoms with Gasteiger partial charge < -0.3 is 10.1 Å². The van der Waals surface area contributed by atoms with E-state index in [1.807, 2.05) is 0 Å². The fraction of sp³-hybridized carbons (Fsp3) is 0.136. The molecular weight excluding hydrogens is 424 g/mol. The van der Waals surface area contributed by atoms with Crippen LogP contribution in [0.15, 0.2) is 72.8 Å². The maximum Gasteiger partial charge on any atom is 0.573 e. The van der Waals surface area contributed by atoms with Crippen molar-refractivity contribution in [1.82, 2.24) is 0 Å². The molecule has 1 aliphatic heterocycles. The van der Waals surface area contributed by atoms with Crippen molar-refractivity contribution in [2.45, 2.75) is 18.0 Å². The van der Waals surface area contributed by atoms with E-state index in [4.69, 9.17) is 0 Å². The zero-order valence-corrected chi connectivity index (χ0v) is 15.5. The normalized spacial score (nSPS) is 18.5. The second-order valence-electron chi connectivity index (χ2n) is 6.87. The number of halogens is 6. The first kappa shape index (κ1) is 20.8. The van der Waals surface area contributed by atoms with Crippen LogP contribution in [0.25, 0.3) is 0 Å². The first-order valence-electron chi connectivity index (χ1n) is 8.97. The molecule has 0 spiro atoms. The Balaban J connectivity index is 1.96. The lowest BCUT2D eigenvalue weighted by molar-refractivity contribution is -0.274. The Hall–Kier alpha value is -3.49. The summed E-state index contributed by atoms with van der Waals surface area (Å²) in [4.78, 5) is 13.3. The molecule has 0 radical (unpaired) electrons. The van der Waals surface area contributed by atoms with Crippen LogP contribution < -0.4 is 10.1 Å². The average Bonchev–Trinajstić information content (AvgIpc) is 3.00. The Bertz CT molecular complexity index is 1120. The summed E-state index contributed by atoms with van der Waals surface area (Å²) in [5.74, 6) is -1.25. The van der Waals surface area contributed by atoms with E-state index in [1.165, 1.54) is 24.3 Å². The highest BCUT2D eigenvalue weighted by Gasteiger charge is 2.52. The quantitative estimate of drug-likeness (QED) is 0.519. The van der Waals surface area contributed by atoms with Gasteiger partial charge in [0.05, 0.1) is 11.3 Å². The lowest BCUT2D eigenvalue weighted by Gasteiger charge is -2.29. The topological polar surface area (TPSA) is 38.3 Å². The van der Waals surface area contributed by atoms with E-state index in [9.17, 15) is 31.1 Å². The van der Waals surface area contributed by atoms with E-state index in [2.05, 4.69) is 10.1 Å². The van der Waals surface area contributed by atoms with Gasteiger partial charge in [-0.25, -0.2) is 0 Å². The van der Waals surface area contributed by atoms with Crippen molar-refractivity contribution in [3.8, 4) is 5.75 Å². The number of alkyl halides is 6. The van der Waals surface area contributed by atoms with E-state index in [0.717, 1.165) is 18.2 Å². The smallest absolute Gasteiger partial charge is 0.406 e. The van der Waals surface area contributed by atoms with Crippen LogP contribution >= 0.6 is 0 Å². The molecule has 0 aliphatic carbocycles. The van der Waals surface area contributed by atoms with Gasteiger partial charge >= 0.3 is 12.5 Å². The van der Waals surface area contributed by atoms with Gasteiger partial charge in [0.25, 0.3) is 0 Å². The third kappa shape index (κ3) is 3.49. The summed E-state index contributed by atoms with van der Waals surface area (Å²) >= 11 is 0. The largest absolute Gasteiger partial charge is 0.573 e. The molecule has 1 aliphatic rings. The van der Waals surface area contributed by atoms with Crippen LogP contribution in [0.4, 0.5) is 32.0 Å². The van der Waals surface area contributed by atoms with Crippen molar-refractivity contribution >= 4 is 11.6 Å². The number of carbonyl (C=O) groups excluding carboxylic acids is 1. The van der Waals surface area contributed by atoms with Crippen molar-refractivity contribution in [2.24, 2.45) is 0 Å². The van der Waals surface area contributed by atoms with E-state index < -0.39 is 35.2 Å². The Labute approximate surface area is 172 Å². The molecule has 9 heteroatoms. The number of rotatable bonds is 3. The molecule has 4 rings (SSSR count). The number of ether oxygens (including phenoxy) is 1. The van der Waals surface area contributed by atoms with Gasteiger partial charge in [-0.2, -0.15) is 13.2 Å². The number of anilines is 1. The van der Waals surface area contributed by atoms with Crippen LogP contribution in [0.3, 0.4) is 0 Å². The van der Waals surface area contributed by atoms with E-state index in [0.29, 0.717) is 5.56 Å². The molecule has 3 aromatic carbocycles. The molecule has 0 fully saturated rings. The summed E-state index contributed by atoms with van der Waals surface area (Å²) in [6.07, 6.45) is -9.62. The number of carbonyl (C=O) groups is 1. The lowest BCUT2D eigenvalue weighted by Crippen LogP contribution is -2.37. The van der Waals surface area contributed by atoms with Gasteiger partial charge in [-0.1, -0.05) is 54.6 Å². The molecule has 0 unspecified atom stereocenters. The minimum atomic E-state index is -4.91. The second-order valence-corrected chi connectivity index (χ2v) is 6.87. The number of nitrogens with one attached hydrogen (secondary N) is 1. The number of hydrogen-bond donors (Lipinski definition) is 1. The van der Waals surface area contributed by atoms with Crippen molar-refractivity contribution in [1.29, 1.82) is 0 Å². The number of fused-ring (bicyclic) bond motifs is 1. The van der Waals surface area contributed by atoms with E-state index in [-0.39, 0.29) is 16.8 Å². The third-order valence-corrected chi connectivity index (χ3v) is 5.08. The molecule has 1 heterocycles. The SMILES string of the molecule is O=C1Nc2c(C(F)(F)F)cccc2[C@@]1(c1ccccc1)c1ccc(OC(F)(F)F)cc1. The van der Waals surface area contributed by atoms with Crippen molar-refractivity contribution in [3.05, 3.63) is 95.1 Å². The van der Waals surface area contributed by atoms with E-state index in [1.54, 1.807) is 30.3 Å². The summed E-state index contributed by atoms with van der Waals surface area (Å²) in [5.41, 5.74) is -2.44. The Morgan fingerprint density at radius 3 is 1.94 bits per heavy atom. The molecule has 0 saturated carbocycles. The molecule has 1 N–H and O–H groups in total. The predicted octanol–water partition coefficient (Wildman–Crippen LogP) is 5.89. The molecule has 0 bridgehead atoms. The first-order chi connectivity index (χ1) is 14.5. The monoisotopic (exact) mass is 437 g/mol. The van der Waals surface area contributed by atoms with Crippen LogP contribution in [0.2, 0.25) is 0 Å². The predicted molar refractivity (Wildman–Crippen MR) is 99.5 cm³/mol. The minimum Gasteiger partial charge on any atom is -0.406 e. The fourth-order valence-corrected chi connectivity index (χ4v) is 3.90. The fourth-order valence-electron chi connectivity index (χ4n) is 3.90. The van der Waals surface area contributed by atoms with Gasteiger partial charge in [-0.05, 0) is 29.3 Å². The van der Waals surface area contributed by atoms with Gasteiger partial charge in [0.15, 0.2) is 0 Å². The summed E-state index contributed by atoms with van der Waals surface area (Å²) in [5, 5.41) is 2.34. The molecular formula is C22H13F6NO2. The summed E-state index contributed by atoms with van der Waals surface area (Å²) in [7, 11) is 0. The Morgan fingerprint density at radius 2 is 1.35 bits per heavy atom. The van der Waals surface area contributed by atoms with Gasteiger partial charge in [0.1, 0.15) is 11.2 Å². The average molecular weight is 437 g/mol. The first-order valence-corrected chi connectivity index (χ1v) is 8.97. The number of hydrogen-bond acceptors (Lipinski definition) is 2. The number of amides is 1. The minimum absolute atomic E-state index is 0.0583. The zero-order valence-electron chi connectivity index (χ0n) is 15.5. The van der Waals surface area contributed by atoms with Gasteiger partial charge in [0, 0.05) is 5.56 Å². The Morgan fingerprint density at radius 1 is 0.742 bits per heavy atom. The molecule has 1 atom stereocenters. The molecule has 160 valence electrons. The standard InChI is InChI=1S/C22H13F6NO2/c23-21(24,25)17-8-4-7-16-18(17)29-19(30)20(16,13-5-2-1-3-6-13)14-9-11-15(12-10-14)31-22(26,27)28/h1-12H,(H,29,30)/t20-/m1/s1. The molecule has 3 aromatic rings. The molecule has 31 heavy (non-hydrogen) atoms. The highest BCUT2D eigenvalue weighted by molar-refractivity contribution is 6.12. The maximum absolute atomic E-state index is 13.6. The maximum atomic E-state index is 13.6. The molecule has 0 saturated heterocycles. The van der Waals surface area contributed by atoms with Crippen LogP contribution in [0.1, 0.15) is 22.3 Å². The highest BCUT2D eigenvalue weighted by atomic mass is 19.4. The highest BCUT2D eigenvalue weighted by Crippen LogP contribution is 2.51. The van der Waals surface area contributed by atoms with Gasteiger partial charge in [-0.3, -0.25) is 4.79 Å². The van der Waals surface area contributed by atoms with Crippen LogP contribution in [0, 0.1) is 0 Å². The molecule has 3 nitrogen and oxygen atoms in total. The molecule has 1 amide bonds.